The Morgan fingerprint density at radius 2 is 2.26 bits per heavy atom. The summed E-state index contributed by atoms with van der Waals surface area (Å²) in [6, 6.07) is 1.69. The Balaban J connectivity index is 1.71. The fourth-order valence-corrected chi connectivity index (χ4v) is 2.64. The molecule has 104 valence electrons. The van der Waals surface area contributed by atoms with E-state index >= 15 is 0 Å². The van der Waals surface area contributed by atoms with E-state index in [9.17, 15) is 4.79 Å². The van der Waals surface area contributed by atoms with Crippen LogP contribution in [0.15, 0.2) is 17.1 Å². The molecule has 2 aliphatic rings. The van der Waals surface area contributed by atoms with Crippen molar-refractivity contribution < 1.29 is 4.74 Å². The number of nitrogens with zero attached hydrogens (tertiary/aromatic N) is 3. The molecular formula is C13H20N4O2. The minimum absolute atomic E-state index is 0.0356. The van der Waals surface area contributed by atoms with Crippen LogP contribution in [0.4, 0.5) is 5.69 Å². The van der Waals surface area contributed by atoms with Crippen LogP contribution in [0.5, 0.6) is 0 Å². The lowest BCUT2D eigenvalue weighted by Crippen LogP contribution is -2.44. The van der Waals surface area contributed by atoms with E-state index < -0.39 is 0 Å². The lowest BCUT2D eigenvalue weighted by molar-refractivity contribution is 0.0927. The van der Waals surface area contributed by atoms with Crippen LogP contribution in [0.2, 0.25) is 0 Å². The maximum absolute atomic E-state index is 12.1. The van der Waals surface area contributed by atoms with Crippen molar-refractivity contribution in [2.24, 2.45) is 0 Å². The van der Waals surface area contributed by atoms with Crippen LogP contribution in [0, 0.1) is 0 Å². The Morgan fingerprint density at radius 3 is 2.95 bits per heavy atom. The quantitative estimate of drug-likeness (QED) is 0.821. The van der Waals surface area contributed by atoms with Crippen LogP contribution in [0.25, 0.3) is 0 Å². The minimum Gasteiger partial charge on any atom is -0.376 e. The Kier molecular flexibility index (Phi) is 3.79. The molecule has 0 bridgehead atoms. The van der Waals surface area contributed by atoms with Crippen LogP contribution < -0.4 is 15.8 Å². The lowest BCUT2D eigenvalue weighted by atomic mass is 10.2. The number of ether oxygens (including phenoxy) is 1. The molecule has 3 rings (SSSR count). The Labute approximate surface area is 112 Å². The molecule has 0 amide bonds. The highest BCUT2D eigenvalue weighted by Crippen LogP contribution is 2.14. The van der Waals surface area contributed by atoms with Crippen LogP contribution in [0.3, 0.4) is 0 Å². The maximum Gasteiger partial charge on any atom is 0.268 e. The van der Waals surface area contributed by atoms with Gasteiger partial charge in [0.15, 0.2) is 0 Å². The van der Waals surface area contributed by atoms with E-state index in [0.29, 0.717) is 6.54 Å². The molecule has 1 aromatic heterocycles. The first-order valence-corrected chi connectivity index (χ1v) is 6.97. The average Bonchev–Trinajstić information content (AvgIpc) is 2.95. The van der Waals surface area contributed by atoms with Crippen molar-refractivity contribution in [2.75, 3.05) is 37.7 Å². The highest BCUT2D eigenvalue weighted by atomic mass is 16.5. The SMILES string of the molecule is O=c1cc(N2CCNCC2)cnn1CC1CCCO1. The summed E-state index contributed by atoms with van der Waals surface area (Å²) in [6.07, 6.45) is 4.04. The molecule has 0 saturated carbocycles. The lowest BCUT2D eigenvalue weighted by Gasteiger charge is -2.29. The van der Waals surface area contributed by atoms with Crippen LogP contribution in [0.1, 0.15) is 12.8 Å². The summed E-state index contributed by atoms with van der Waals surface area (Å²) >= 11 is 0. The summed E-state index contributed by atoms with van der Waals surface area (Å²) in [4.78, 5) is 14.3. The van der Waals surface area contributed by atoms with E-state index in [1.54, 1.807) is 12.3 Å². The zero-order valence-corrected chi connectivity index (χ0v) is 11.0. The molecule has 3 heterocycles. The average molecular weight is 264 g/mol. The molecule has 1 aromatic rings. The van der Waals surface area contributed by atoms with Gasteiger partial charge in [0.1, 0.15) is 0 Å². The predicted molar refractivity (Wildman–Crippen MR) is 72.6 cm³/mol. The van der Waals surface area contributed by atoms with Gasteiger partial charge in [-0.25, -0.2) is 4.68 Å². The molecule has 6 nitrogen and oxygen atoms in total. The Morgan fingerprint density at radius 1 is 1.42 bits per heavy atom. The molecule has 1 unspecified atom stereocenters. The normalized spacial score (nSPS) is 23.8. The summed E-state index contributed by atoms with van der Waals surface area (Å²) < 4.78 is 7.06. The third-order valence-electron chi connectivity index (χ3n) is 3.74. The fraction of sp³-hybridized carbons (Fsp3) is 0.692. The van der Waals surface area contributed by atoms with Gasteiger partial charge in [-0.05, 0) is 12.8 Å². The molecule has 6 heteroatoms. The smallest absolute Gasteiger partial charge is 0.268 e. The Hall–Kier alpha value is -1.40. The monoisotopic (exact) mass is 264 g/mol. The number of anilines is 1. The second kappa shape index (κ2) is 5.71. The molecule has 2 aliphatic heterocycles. The highest BCUT2D eigenvalue weighted by molar-refractivity contribution is 5.43. The first kappa shape index (κ1) is 12.6. The second-order valence-electron chi connectivity index (χ2n) is 5.11. The van der Waals surface area contributed by atoms with Gasteiger partial charge in [0.05, 0.1) is 24.5 Å². The molecule has 0 aromatic carbocycles. The van der Waals surface area contributed by atoms with Crippen molar-refractivity contribution in [2.45, 2.75) is 25.5 Å². The van der Waals surface area contributed by atoms with Gasteiger partial charge in [0, 0.05) is 38.9 Å². The fourth-order valence-electron chi connectivity index (χ4n) is 2.64. The second-order valence-corrected chi connectivity index (χ2v) is 5.11. The number of piperazine rings is 1. The number of rotatable bonds is 3. The van der Waals surface area contributed by atoms with E-state index in [-0.39, 0.29) is 11.7 Å². The van der Waals surface area contributed by atoms with E-state index in [4.69, 9.17) is 4.74 Å². The third kappa shape index (κ3) is 2.96. The summed E-state index contributed by atoms with van der Waals surface area (Å²) in [5.41, 5.74) is 0.890. The summed E-state index contributed by atoms with van der Waals surface area (Å²) in [6.45, 7) is 5.14. The van der Waals surface area contributed by atoms with Gasteiger partial charge in [0.25, 0.3) is 5.56 Å². The van der Waals surface area contributed by atoms with E-state index in [2.05, 4.69) is 15.3 Å². The van der Waals surface area contributed by atoms with Crippen molar-refractivity contribution in [1.29, 1.82) is 0 Å². The van der Waals surface area contributed by atoms with E-state index in [1.165, 1.54) is 4.68 Å². The zero-order chi connectivity index (χ0) is 13.1. The van der Waals surface area contributed by atoms with Gasteiger partial charge >= 0.3 is 0 Å². The maximum atomic E-state index is 12.1. The van der Waals surface area contributed by atoms with Crippen molar-refractivity contribution in [3.05, 3.63) is 22.6 Å². The van der Waals surface area contributed by atoms with Gasteiger partial charge in [-0.1, -0.05) is 0 Å². The van der Waals surface area contributed by atoms with Crippen molar-refractivity contribution in [3.8, 4) is 0 Å². The Bertz CT molecular complexity index is 476. The van der Waals surface area contributed by atoms with Crippen LogP contribution in [-0.2, 0) is 11.3 Å². The van der Waals surface area contributed by atoms with Gasteiger partial charge in [-0.3, -0.25) is 4.79 Å². The summed E-state index contributed by atoms with van der Waals surface area (Å²) in [5, 5.41) is 7.58. The number of hydrogen-bond donors (Lipinski definition) is 1. The molecule has 0 radical (unpaired) electrons. The largest absolute Gasteiger partial charge is 0.376 e. The molecule has 2 fully saturated rings. The minimum atomic E-state index is -0.0356. The standard InChI is InChI=1S/C13H20N4O2/c18-13-8-11(16-5-3-14-4-6-16)9-15-17(13)10-12-2-1-7-19-12/h8-9,12,14H,1-7,10H2. The van der Waals surface area contributed by atoms with Crippen molar-refractivity contribution >= 4 is 5.69 Å². The topological polar surface area (TPSA) is 59.4 Å². The van der Waals surface area contributed by atoms with Crippen LogP contribution in [-0.4, -0.2) is 48.7 Å². The molecule has 19 heavy (non-hydrogen) atoms. The zero-order valence-electron chi connectivity index (χ0n) is 11.0. The van der Waals surface area contributed by atoms with Crippen molar-refractivity contribution in [1.82, 2.24) is 15.1 Å². The number of hydrogen-bond acceptors (Lipinski definition) is 5. The number of nitrogens with one attached hydrogen (secondary N) is 1. The molecule has 1 N–H and O–H groups in total. The molecule has 0 aliphatic carbocycles. The van der Waals surface area contributed by atoms with Gasteiger partial charge in [0.2, 0.25) is 0 Å². The third-order valence-corrected chi connectivity index (χ3v) is 3.74. The summed E-state index contributed by atoms with van der Waals surface area (Å²) in [7, 11) is 0. The van der Waals surface area contributed by atoms with Crippen LogP contribution >= 0.6 is 0 Å². The van der Waals surface area contributed by atoms with E-state index in [0.717, 1.165) is 51.3 Å². The molecule has 2 saturated heterocycles. The molecule has 0 spiro atoms. The van der Waals surface area contributed by atoms with Gasteiger partial charge < -0.3 is 15.0 Å². The van der Waals surface area contributed by atoms with Gasteiger partial charge in [-0.2, -0.15) is 5.10 Å². The highest BCUT2D eigenvalue weighted by Gasteiger charge is 2.18. The predicted octanol–water partition coefficient (Wildman–Crippen LogP) is -0.168. The first-order valence-electron chi connectivity index (χ1n) is 6.97. The van der Waals surface area contributed by atoms with E-state index in [1.807, 2.05) is 0 Å². The van der Waals surface area contributed by atoms with Gasteiger partial charge in [-0.15, -0.1) is 0 Å². The molecule has 1 atom stereocenters. The molecular weight excluding hydrogens is 244 g/mol. The number of aromatic nitrogens is 2. The van der Waals surface area contributed by atoms with Crippen molar-refractivity contribution in [3.63, 3.8) is 0 Å². The first-order chi connectivity index (χ1) is 9.33. The summed E-state index contributed by atoms with van der Waals surface area (Å²) in [5.74, 6) is 0.